The van der Waals surface area contributed by atoms with E-state index in [-0.39, 0.29) is 5.41 Å². The second-order valence-corrected chi connectivity index (χ2v) is 6.17. The van der Waals surface area contributed by atoms with E-state index in [1.165, 1.54) is 56.9 Å². The van der Waals surface area contributed by atoms with E-state index in [0.29, 0.717) is 0 Å². The predicted octanol–water partition coefficient (Wildman–Crippen LogP) is 3.34. The third-order valence-corrected chi connectivity index (χ3v) is 5.23. The normalized spacial score (nSPS) is 21.2. The summed E-state index contributed by atoms with van der Waals surface area (Å²) in [6.45, 7) is 0.797. The predicted molar refractivity (Wildman–Crippen MR) is 78.8 cm³/mol. The van der Waals surface area contributed by atoms with Crippen molar-refractivity contribution in [2.45, 2.75) is 56.8 Å². The van der Waals surface area contributed by atoms with Crippen molar-refractivity contribution in [3.05, 3.63) is 28.8 Å². The van der Waals surface area contributed by atoms with Crippen molar-refractivity contribution in [2.75, 3.05) is 13.7 Å². The number of methoxy groups -OCH3 is 1. The minimum atomic E-state index is 0.258. The first kappa shape index (κ1) is 13.0. The summed E-state index contributed by atoms with van der Waals surface area (Å²) in [5.74, 6) is 1.09. The van der Waals surface area contributed by atoms with E-state index in [1.54, 1.807) is 18.2 Å². The second kappa shape index (κ2) is 5.16. The van der Waals surface area contributed by atoms with E-state index >= 15 is 0 Å². The molecular formula is C17H25NO. The maximum absolute atomic E-state index is 6.17. The highest BCUT2D eigenvalue weighted by Gasteiger charge is 2.37. The molecule has 19 heavy (non-hydrogen) atoms. The number of rotatable bonds is 3. The van der Waals surface area contributed by atoms with E-state index in [2.05, 4.69) is 12.1 Å². The van der Waals surface area contributed by atoms with Crippen molar-refractivity contribution < 1.29 is 4.74 Å². The average molecular weight is 259 g/mol. The maximum atomic E-state index is 6.17. The van der Waals surface area contributed by atoms with Gasteiger partial charge in [-0.2, -0.15) is 0 Å². The van der Waals surface area contributed by atoms with Crippen LogP contribution < -0.4 is 10.5 Å². The number of hydrogen-bond donors (Lipinski definition) is 1. The third-order valence-electron chi connectivity index (χ3n) is 5.23. The van der Waals surface area contributed by atoms with Crippen LogP contribution in [0, 0.1) is 0 Å². The highest BCUT2D eigenvalue weighted by atomic mass is 16.5. The Morgan fingerprint density at radius 1 is 1.05 bits per heavy atom. The van der Waals surface area contributed by atoms with Crippen LogP contribution >= 0.6 is 0 Å². The summed E-state index contributed by atoms with van der Waals surface area (Å²) in [7, 11) is 1.79. The molecule has 1 fully saturated rings. The molecule has 0 aromatic heterocycles. The molecule has 1 aromatic carbocycles. The minimum Gasteiger partial charge on any atom is -0.496 e. The first-order valence-corrected chi connectivity index (χ1v) is 7.70. The fraction of sp³-hybridized carbons (Fsp3) is 0.647. The molecule has 0 saturated heterocycles. The lowest BCUT2D eigenvalue weighted by Crippen LogP contribution is -2.33. The number of benzene rings is 1. The van der Waals surface area contributed by atoms with Crippen LogP contribution in [-0.2, 0) is 18.3 Å². The van der Waals surface area contributed by atoms with Crippen molar-refractivity contribution in [2.24, 2.45) is 5.73 Å². The minimum absolute atomic E-state index is 0.258. The summed E-state index contributed by atoms with van der Waals surface area (Å²) in [6.07, 6.45) is 10.2. The number of hydrogen-bond acceptors (Lipinski definition) is 2. The van der Waals surface area contributed by atoms with Gasteiger partial charge in [-0.05, 0) is 61.3 Å². The maximum Gasteiger partial charge on any atom is 0.122 e. The second-order valence-electron chi connectivity index (χ2n) is 6.17. The van der Waals surface area contributed by atoms with Gasteiger partial charge in [0.1, 0.15) is 5.75 Å². The van der Waals surface area contributed by atoms with E-state index < -0.39 is 0 Å². The van der Waals surface area contributed by atoms with E-state index in [1.807, 2.05) is 0 Å². The van der Waals surface area contributed by atoms with Crippen LogP contribution in [0.3, 0.4) is 0 Å². The highest BCUT2D eigenvalue weighted by Crippen LogP contribution is 2.45. The summed E-state index contributed by atoms with van der Waals surface area (Å²) in [5, 5.41) is 0. The topological polar surface area (TPSA) is 35.2 Å². The van der Waals surface area contributed by atoms with Crippen LogP contribution in [0.25, 0.3) is 0 Å². The monoisotopic (exact) mass is 259 g/mol. The Morgan fingerprint density at radius 2 is 1.74 bits per heavy atom. The van der Waals surface area contributed by atoms with Crippen molar-refractivity contribution in [1.82, 2.24) is 0 Å². The highest BCUT2D eigenvalue weighted by molar-refractivity contribution is 5.50. The lowest BCUT2D eigenvalue weighted by atomic mass is 9.73. The molecule has 0 heterocycles. The summed E-state index contributed by atoms with van der Waals surface area (Å²) >= 11 is 0. The van der Waals surface area contributed by atoms with Gasteiger partial charge in [-0.3, -0.25) is 0 Å². The molecule has 0 atom stereocenters. The smallest absolute Gasteiger partial charge is 0.122 e. The summed E-state index contributed by atoms with van der Waals surface area (Å²) in [5.41, 5.74) is 11.0. The van der Waals surface area contributed by atoms with Gasteiger partial charge in [-0.15, -0.1) is 0 Å². The lowest BCUT2D eigenvalue weighted by molar-refractivity contribution is 0.401. The van der Waals surface area contributed by atoms with Gasteiger partial charge in [-0.25, -0.2) is 0 Å². The molecule has 2 heteroatoms. The van der Waals surface area contributed by atoms with Crippen molar-refractivity contribution in [3.8, 4) is 5.75 Å². The Labute approximate surface area is 116 Å². The van der Waals surface area contributed by atoms with Gasteiger partial charge >= 0.3 is 0 Å². The molecule has 0 unspecified atom stereocenters. The van der Waals surface area contributed by atoms with Gasteiger partial charge in [-0.1, -0.05) is 18.9 Å². The molecule has 0 spiro atoms. The molecule has 0 bridgehead atoms. The summed E-state index contributed by atoms with van der Waals surface area (Å²) < 4.78 is 5.57. The standard InChI is InChI=1S/C17H25NO/c1-19-16-9-8-15(13-6-2-3-7-14(13)16)17(12-18)10-4-5-11-17/h8-9H,2-7,10-12,18H2,1H3. The molecule has 0 amide bonds. The first-order chi connectivity index (χ1) is 9.30. The van der Waals surface area contributed by atoms with Gasteiger partial charge in [0.05, 0.1) is 7.11 Å². The molecule has 2 aliphatic rings. The average Bonchev–Trinajstić information content (AvgIpc) is 2.96. The van der Waals surface area contributed by atoms with E-state index in [0.717, 1.165) is 12.3 Å². The molecule has 1 aromatic rings. The van der Waals surface area contributed by atoms with Crippen molar-refractivity contribution in [3.63, 3.8) is 0 Å². The van der Waals surface area contributed by atoms with Crippen LogP contribution in [-0.4, -0.2) is 13.7 Å². The van der Waals surface area contributed by atoms with Crippen LogP contribution in [0.1, 0.15) is 55.2 Å². The fourth-order valence-electron chi connectivity index (χ4n) is 4.16. The number of nitrogens with two attached hydrogens (primary N) is 1. The van der Waals surface area contributed by atoms with Crippen LogP contribution in [0.4, 0.5) is 0 Å². The van der Waals surface area contributed by atoms with Crippen LogP contribution in [0.5, 0.6) is 5.75 Å². The Balaban J connectivity index is 2.11. The lowest BCUT2D eigenvalue weighted by Gasteiger charge is -2.33. The first-order valence-electron chi connectivity index (χ1n) is 7.70. The van der Waals surface area contributed by atoms with Crippen molar-refractivity contribution >= 4 is 0 Å². The molecule has 2 nitrogen and oxygen atoms in total. The van der Waals surface area contributed by atoms with E-state index in [4.69, 9.17) is 10.5 Å². The Bertz CT molecular complexity index is 461. The van der Waals surface area contributed by atoms with Crippen LogP contribution in [0.2, 0.25) is 0 Å². The Morgan fingerprint density at radius 3 is 2.37 bits per heavy atom. The van der Waals surface area contributed by atoms with E-state index in [9.17, 15) is 0 Å². The SMILES string of the molecule is COc1ccc(C2(CN)CCCC2)c2c1CCCC2. The van der Waals surface area contributed by atoms with Gasteiger partial charge in [0, 0.05) is 12.0 Å². The molecule has 2 N–H and O–H groups in total. The van der Waals surface area contributed by atoms with Crippen molar-refractivity contribution in [1.29, 1.82) is 0 Å². The molecule has 3 rings (SSSR count). The molecule has 104 valence electrons. The van der Waals surface area contributed by atoms with Crippen LogP contribution in [0.15, 0.2) is 12.1 Å². The molecule has 1 saturated carbocycles. The Hall–Kier alpha value is -1.02. The zero-order valence-corrected chi connectivity index (χ0v) is 12.0. The molecule has 2 aliphatic carbocycles. The molecule has 0 aliphatic heterocycles. The van der Waals surface area contributed by atoms with Gasteiger partial charge in [0.25, 0.3) is 0 Å². The summed E-state index contributed by atoms with van der Waals surface area (Å²) in [6, 6.07) is 4.48. The quantitative estimate of drug-likeness (QED) is 0.903. The Kier molecular flexibility index (Phi) is 3.53. The largest absolute Gasteiger partial charge is 0.496 e. The van der Waals surface area contributed by atoms with Gasteiger partial charge in [0.15, 0.2) is 0 Å². The fourth-order valence-corrected chi connectivity index (χ4v) is 4.16. The zero-order chi connectivity index (χ0) is 13.3. The summed E-state index contributed by atoms with van der Waals surface area (Å²) in [4.78, 5) is 0. The number of fused-ring (bicyclic) bond motifs is 1. The molecule has 0 radical (unpaired) electrons. The third kappa shape index (κ3) is 2.06. The number of ether oxygens (including phenoxy) is 1. The zero-order valence-electron chi connectivity index (χ0n) is 12.0. The van der Waals surface area contributed by atoms with Gasteiger partial charge < -0.3 is 10.5 Å². The van der Waals surface area contributed by atoms with Gasteiger partial charge in [0.2, 0.25) is 0 Å². The molecular weight excluding hydrogens is 234 g/mol.